The van der Waals surface area contributed by atoms with Gasteiger partial charge in [-0.1, -0.05) is 48.0 Å². The smallest absolute Gasteiger partial charge is 0.0576 e. The summed E-state index contributed by atoms with van der Waals surface area (Å²) in [6.45, 7) is 2.87. The monoisotopic (exact) mass is 372 g/mol. The minimum atomic E-state index is 0.330. The number of nitrogen functional groups attached to an aromatic ring is 2. The van der Waals surface area contributed by atoms with Crippen molar-refractivity contribution in [3.63, 3.8) is 0 Å². The summed E-state index contributed by atoms with van der Waals surface area (Å²) in [6, 6.07) is 23.8. The molecule has 3 aromatic carbocycles. The Labute approximate surface area is 167 Å². The van der Waals surface area contributed by atoms with E-state index < -0.39 is 0 Å². The highest BCUT2D eigenvalue weighted by Crippen LogP contribution is 2.36. The van der Waals surface area contributed by atoms with Gasteiger partial charge in [-0.2, -0.15) is 0 Å². The zero-order valence-electron chi connectivity index (χ0n) is 16.3. The van der Waals surface area contributed by atoms with Crippen LogP contribution in [-0.2, 0) is 6.54 Å². The lowest BCUT2D eigenvalue weighted by Gasteiger charge is -2.17. The lowest BCUT2D eigenvalue weighted by molar-refractivity contribution is 0.575. The van der Waals surface area contributed by atoms with Gasteiger partial charge in [-0.3, -0.25) is 0 Å². The molecule has 2 atom stereocenters. The molecule has 2 unspecified atom stereocenters. The van der Waals surface area contributed by atoms with E-state index in [4.69, 9.17) is 11.5 Å². The highest BCUT2D eigenvalue weighted by Gasteiger charge is 2.26. The minimum absolute atomic E-state index is 0.330. The molecule has 0 amide bonds. The molecule has 1 heterocycles. The van der Waals surface area contributed by atoms with Crippen molar-refractivity contribution < 1.29 is 0 Å². The maximum Gasteiger partial charge on any atom is 0.0576 e. The first-order valence-electron chi connectivity index (χ1n) is 9.89. The van der Waals surface area contributed by atoms with Crippen LogP contribution in [0.15, 0.2) is 66.7 Å². The summed E-state index contributed by atoms with van der Waals surface area (Å²) in [5.74, 6) is 0. The summed E-state index contributed by atoms with van der Waals surface area (Å²) in [7, 11) is 0. The van der Waals surface area contributed by atoms with Crippen LogP contribution in [0, 0.1) is 6.92 Å². The SMILES string of the molecule is Cc1ccc(CNc2ccc(C3CCC(c4ccc(N)cc4)N3)cc2N)cc1. The molecule has 4 nitrogen and oxygen atoms in total. The minimum Gasteiger partial charge on any atom is -0.399 e. The second-order valence-corrected chi connectivity index (χ2v) is 7.70. The predicted molar refractivity (Wildman–Crippen MR) is 118 cm³/mol. The Balaban J connectivity index is 1.40. The van der Waals surface area contributed by atoms with E-state index in [1.807, 2.05) is 12.1 Å². The number of nitrogens with two attached hydrogens (primary N) is 2. The number of rotatable bonds is 5. The van der Waals surface area contributed by atoms with Crippen LogP contribution >= 0.6 is 0 Å². The molecular formula is C24H28N4. The van der Waals surface area contributed by atoms with Crippen molar-refractivity contribution in [1.29, 1.82) is 0 Å². The molecule has 28 heavy (non-hydrogen) atoms. The van der Waals surface area contributed by atoms with Gasteiger partial charge in [0.1, 0.15) is 0 Å². The molecule has 1 fully saturated rings. The molecule has 0 spiro atoms. The van der Waals surface area contributed by atoms with Gasteiger partial charge >= 0.3 is 0 Å². The van der Waals surface area contributed by atoms with Crippen LogP contribution in [0.2, 0.25) is 0 Å². The fourth-order valence-electron chi connectivity index (χ4n) is 3.86. The molecule has 4 heteroatoms. The van der Waals surface area contributed by atoms with Crippen LogP contribution in [0.3, 0.4) is 0 Å². The molecule has 0 bridgehead atoms. The van der Waals surface area contributed by atoms with Crippen molar-refractivity contribution in [2.24, 2.45) is 0 Å². The molecule has 0 aliphatic carbocycles. The van der Waals surface area contributed by atoms with Crippen molar-refractivity contribution in [2.75, 3.05) is 16.8 Å². The summed E-state index contributed by atoms with van der Waals surface area (Å²) >= 11 is 0. The van der Waals surface area contributed by atoms with Gasteiger partial charge in [0.05, 0.1) is 11.4 Å². The maximum absolute atomic E-state index is 6.34. The highest BCUT2D eigenvalue weighted by atomic mass is 15.0. The first-order chi connectivity index (χ1) is 13.6. The number of hydrogen-bond donors (Lipinski definition) is 4. The standard InChI is InChI=1S/C24H28N4/c1-16-2-4-17(5-3-16)15-27-24-11-8-19(14-21(24)26)23-13-12-22(28-23)18-6-9-20(25)10-7-18/h2-11,14,22-23,27-28H,12-13,15,25-26H2,1H3. The van der Waals surface area contributed by atoms with Gasteiger partial charge in [0.2, 0.25) is 0 Å². The van der Waals surface area contributed by atoms with Crippen LogP contribution in [0.1, 0.15) is 47.2 Å². The molecule has 1 saturated heterocycles. The molecule has 144 valence electrons. The molecule has 0 saturated carbocycles. The molecular weight excluding hydrogens is 344 g/mol. The van der Waals surface area contributed by atoms with Crippen LogP contribution in [-0.4, -0.2) is 0 Å². The van der Waals surface area contributed by atoms with Gasteiger partial charge in [0.15, 0.2) is 0 Å². The third-order valence-electron chi connectivity index (χ3n) is 5.57. The van der Waals surface area contributed by atoms with Gasteiger partial charge < -0.3 is 22.1 Å². The van der Waals surface area contributed by atoms with Crippen molar-refractivity contribution in [2.45, 2.75) is 38.4 Å². The Kier molecular flexibility index (Phi) is 5.22. The van der Waals surface area contributed by atoms with E-state index >= 15 is 0 Å². The molecule has 1 aliphatic rings. The summed E-state index contributed by atoms with van der Waals surface area (Å²) in [5.41, 5.74) is 19.8. The van der Waals surface area contributed by atoms with E-state index in [0.29, 0.717) is 12.1 Å². The van der Waals surface area contributed by atoms with Crippen molar-refractivity contribution in [1.82, 2.24) is 5.32 Å². The number of anilines is 3. The van der Waals surface area contributed by atoms with E-state index in [1.165, 1.54) is 22.3 Å². The highest BCUT2D eigenvalue weighted by molar-refractivity contribution is 5.67. The molecule has 1 aliphatic heterocycles. The first kappa shape index (κ1) is 18.4. The lowest BCUT2D eigenvalue weighted by Crippen LogP contribution is -2.17. The molecule has 4 rings (SSSR count). The van der Waals surface area contributed by atoms with Crippen LogP contribution < -0.4 is 22.1 Å². The fraction of sp³-hybridized carbons (Fsp3) is 0.250. The van der Waals surface area contributed by atoms with E-state index in [-0.39, 0.29) is 0 Å². The van der Waals surface area contributed by atoms with Gasteiger partial charge in [-0.05, 0) is 60.7 Å². The summed E-state index contributed by atoms with van der Waals surface area (Å²) < 4.78 is 0. The largest absolute Gasteiger partial charge is 0.399 e. The number of nitrogens with one attached hydrogen (secondary N) is 2. The number of aryl methyl sites for hydroxylation is 1. The average Bonchev–Trinajstić information content (AvgIpc) is 3.19. The zero-order valence-corrected chi connectivity index (χ0v) is 16.3. The maximum atomic E-state index is 6.34. The van der Waals surface area contributed by atoms with Crippen LogP contribution in [0.5, 0.6) is 0 Å². The molecule has 0 aromatic heterocycles. The Morgan fingerprint density at radius 2 is 1.50 bits per heavy atom. The molecule has 0 radical (unpaired) electrons. The van der Waals surface area contributed by atoms with Gasteiger partial charge in [0.25, 0.3) is 0 Å². The Bertz CT molecular complexity index is 932. The Morgan fingerprint density at radius 1 is 0.857 bits per heavy atom. The Morgan fingerprint density at radius 3 is 2.18 bits per heavy atom. The van der Waals surface area contributed by atoms with E-state index in [0.717, 1.165) is 36.4 Å². The summed E-state index contributed by atoms with van der Waals surface area (Å²) in [4.78, 5) is 0. The Hall–Kier alpha value is -2.98. The van der Waals surface area contributed by atoms with Crippen molar-refractivity contribution in [3.05, 3.63) is 89.0 Å². The van der Waals surface area contributed by atoms with Gasteiger partial charge in [-0.25, -0.2) is 0 Å². The van der Waals surface area contributed by atoms with E-state index in [1.54, 1.807) is 0 Å². The van der Waals surface area contributed by atoms with E-state index in [9.17, 15) is 0 Å². The van der Waals surface area contributed by atoms with Crippen molar-refractivity contribution in [3.8, 4) is 0 Å². The average molecular weight is 373 g/mol. The number of benzene rings is 3. The second kappa shape index (κ2) is 7.95. The first-order valence-corrected chi connectivity index (χ1v) is 9.89. The fourth-order valence-corrected chi connectivity index (χ4v) is 3.86. The molecule has 6 N–H and O–H groups in total. The van der Waals surface area contributed by atoms with Gasteiger partial charge in [-0.15, -0.1) is 0 Å². The third kappa shape index (κ3) is 4.12. The van der Waals surface area contributed by atoms with Crippen LogP contribution in [0.4, 0.5) is 17.1 Å². The lowest BCUT2D eigenvalue weighted by atomic mass is 10.0. The molecule has 3 aromatic rings. The van der Waals surface area contributed by atoms with Crippen LogP contribution in [0.25, 0.3) is 0 Å². The topological polar surface area (TPSA) is 76.1 Å². The van der Waals surface area contributed by atoms with Gasteiger partial charge in [0, 0.05) is 24.3 Å². The quantitative estimate of drug-likeness (QED) is 0.479. The number of hydrogen-bond acceptors (Lipinski definition) is 4. The normalized spacial score (nSPS) is 18.9. The van der Waals surface area contributed by atoms with E-state index in [2.05, 4.69) is 72.2 Å². The second-order valence-electron chi connectivity index (χ2n) is 7.70. The third-order valence-corrected chi connectivity index (χ3v) is 5.57. The predicted octanol–water partition coefficient (Wildman–Crippen LogP) is 4.94. The summed E-state index contributed by atoms with van der Waals surface area (Å²) in [5, 5.41) is 7.19. The van der Waals surface area contributed by atoms with Crippen molar-refractivity contribution >= 4 is 17.1 Å². The zero-order chi connectivity index (χ0) is 19.5. The summed E-state index contributed by atoms with van der Waals surface area (Å²) in [6.07, 6.45) is 2.21.